The Bertz CT molecular complexity index is 635. The van der Waals surface area contributed by atoms with Gasteiger partial charge in [0.25, 0.3) is 0 Å². The molecule has 110 valence electrons. The third-order valence-corrected chi connectivity index (χ3v) is 4.91. The highest BCUT2D eigenvalue weighted by Gasteiger charge is 2.51. The van der Waals surface area contributed by atoms with E-state index in [1.165, 1.54) is 0 Å². The standard InChI is InChI=1S/C17H19NO3/c1-9-4-3-5-13(10(9)2)18-16(19)14-11-6-7-12(8-11)15(14)17(20)21/h3-7,11-12,14-15H,8H2,1-2H3,(H,18,19)(H,20,21). The van der Waals surface area contributed by atoms with Crippen LogP contribution in [0, 0.1) is 37.5 Å². The van der Waals surface area contributed by atoms with Crippen molar-refractivity contribution in [1.82, 2.24) is 0 Å². The molecule has 4 atom stereocenters. The molecule has 2 N–H and O–H groups in total. The summed E-state index contributed by atoms with van der Waals surface area (Å²) in [7, 11) is 0. The maximum absolute atomic E-state index is 12.6. The average Bonchev–Trinajstić information content (AvgIpc) is 3.04. The fraction of sp³-hybridized carbons (Fsp3) is 0.412. The summed E-state index contributed by atoms with van der Waals surface area (Å²) in [6.45, 7) is 3.95. The number of carbonyl (C=O) groups excluding carboxylic acids is 1. The lowest BCUT2D eigenvalue weighted by atomic mass is 9.82. The Morgan fingerprint density at radius 1 is 1.14 bits per heavy atom. The molecule has 1 aromatic rings. The van der Waals surface area contributed by atoms with Crippen LogP contribution >= 0.6 is 0 Å². The Morgan fingerprint density at radius 3 is 2.48 bits per heavy atom. The van der Waals surface area contributed by atoms with E-state index in [9.17, 15) is 14.7 Å². The lowest BCUT2D eigenvalue weighted by molar-refractivity contribution is -0.146. The zero-order chi connectivity index (χ0) is 15.1. The van der Waals surface area contributed by atoms with Crippen molar-refractivity contribution in [1.29, 1.82) is 0 Å². The van der Waals surface area contributed by atoms with Gasteiger partial charge >= 0.3 is 5.97 Å². The predicted octanol–water partition coefficient (Wildman–Crippen LogP) is 2.76. The van der Waals surface area contributed by atoms with E-state index < -0.39 is 17.8 Å². The van der Waals surface area contributed by atoms with Crippen molar-refractivity contribution in [3.05, 3.63) is 41.5 Å². The zero-order valence-electron chi connectivity index (χ0n) is 12.2. The van der Waals surface area contributed by atoms with Gasteiger partial charge < -0.3 is 10.4 Å². The lowest BCUT2D eigenvalue weighted by Gasteiger charge is -2.24. The van der Waals surface area contributed by atoms with Gasteiger partial charge in [-0.3, -0.25) is 9.59 Å². The van der Waals surface area contributed by atoms with Gasteiger partial charge in [-0.2, -0.15) is 0 Å². The van der Waals surface area contributed by atoms with Crippen LogP contribution in [0.2, 0.25) is 0 Å². The maximum Gasteiger partial charge on any atom is 0.307 e. The first-order chi connectivity index (χ1) is 9.99. The number of carboxylic acid groups (broad SMARTS) is 1. The Labute approximate surface area is 123 Å². The predicted molar refractivity (Wildman–Crippen MR) is 79.9 cm³/mol. The molecule has 0 saturated heterocycles. The largest absolute Gasteiger partial charge is 0.481 e. The summed E-state index contributed by atoms with van der Waals surface area (Å²) in [6.07, 6.45) is 4.73. The molecule has 0 radical (unpaired) electrons. The number of benzene rings is 1. The molecule has 21 heavy (non-hydrogen) atoms. The third-order valence-electron chi connectivity index (χ3n) is 4.91. The molecule has 4 nitrogen and oxygen atoms in total. The van der Waals surface area contributed by atoms with Gasteiger partial charge in [-0.1, -0.05) is 24.3 Å². The highest BCUT2D eigenvalue weighted by molar-refractivity contribution is 5.97. The van der Waals surface area contributed by atoms with Gasteiger partial charge in [0, 0.05) is 5.69 Å². The molecule has 2 aliphatic rings. The molecule has 1 aromatic carbocycles. The first-order valence-corrected chi connectivity index (χ1v) is 7.27. The zero-order valence-corrected chi connectivity index (χ0v) is 12.2. The number of nitrogens with one attached hydrogen (secondary N) is 1. The molecular formula is C17H19NO3. The summed E-state index contributed by atoms with van der Waals surface area (Å²) < 4.78 is 0. The quantitative estimate of drug-likeness (QED) is 0.839. The Hall–Kier alpha value is -2.10. The highest BCUT2D eigenvalue weighted by atomic mass is 16.4. The van der Waals surface area contributed by atoms with Gasteiger partial charge in [-0.05, 0) is 49.3 Å². The van der Waals surface area contributed by atoms with Crippen LogP contribution in [0.3, 0.4) is 0 Å². The van der Waals surface area contributed by atoms with Gasteiger partial charge in [0.15, 0.2) is 0 Å². The van der Waals surface area contributed by atoms with Gasteiger partial charge in [0.2, 0.25) is 5.91 Å². The minimum absolute atomic E-state index is 0.00172. The summed E-state index contributed by atoms with van der Waals surface area (Å²) in [4.78, 5) is 24.0. The van der Waals surface area contributed by atoms with E-state index in [-0.39, 0.29) is 17.7 Å². The number of hydrogen-bond acceptors (Lipinski definition) is 2. The number of aryl methyl sites for hydroxylation is 1. The molecule has 1 saturated carbocycles. The molecule has 1 amide bonds. The van der Waals surface area contributed by atoms with Gasteiger partial charge in [-0.15, -0.1) is 0 Å². The van der Waals surface area contributed by atoms with Crippen LogP contribution in [0.25, 0.3) is 0 Å². The third kappa shape index (κ3) is 2.24. The summed E-state index contributed by atoms with van der Waals surface area (Å²) in [6, 6.07) is 5.75. The van der Waals surface area contributed by atoms with Gasteiger partial charge in [0.1, 0.15) is 0 Å². The summed E-state index contributed by atoms with van der Waals surface area (Å²) in [5, 5.41) is 12.3. The lowest BCUT2D eigenvalue weighted by Crippen LogP contribution is -2.36. The molecule has 2 aliphatic carbocycles. The van der Waals surface area contributed by atoms with Crippen LogP contribution in [0.1, 0.15) is 17.5 Å². The highest BCUT2D eigenvalue weighted by Crippen LogP contribution is 2.48. The monoisotopic (exact) mass is 285 g/mol. The van der Waals surface area contributed by atoms with Crippen molar-refractivity contribution in [2.45, 2.75) is 20.3 Å². The van der Waals surface area contributed by atoms with Crippen LogP contribution < -0.4 is 5.32 Å². The van der Waals surface area contributed by atoms with Crippen LogP contribution in [0.4, 0.5) is 5.69 Å². The van der Waals surface area contributed by atoms with E-state index in [1.54, 1.807) is 0 Å². The Morgan fingerprint density at radius 2 is 1.81 bits per heavy atom. The molecule has 1 fully saturated rings. The van der Waals surface area contributed by atoms with Crippen LogP contribution in [0.5, 0.6) is 0 Å². The molecule has 3 rings (SSSR count). The number of hydrogen-bond donors (Lipinski definition) is 2. The fourth-order valence-corrected chi connectivity index (χ4v) is 3.62. The first kappa shape index (κ1) is 13.9. The molecule has 0 aliphatic heterocycles. The van der Waals surface area contributed by atoms with Crippen LogP contribution in [-0.2, 0) is 9.59 Å². The molecule has 2 bridgehead atoms. The molecule has 0 aromatic heterocycles. The smallest absolute Gasteiger partial charge is 0.307 e. The second kappa shape index (κ2) is 5.02. The second-order valence-electron chi connectivity index (χ2n) is 6.07. The van der Waals surface area contributed by atoms with E-state index in [1.807, 2.05) is 44.2 Å². The molecular weight excluding hydrogens is 266 g/mol. The van der Waals surface area contributed by atoms with E-state index >= 15 is 0 Å². The second-order valence-corrected chi connectivity index (χ2v) is 6.07. The number of rotatable bonds is 3. The van der Waals surface area contributed by atoms with Crippen molar-refractivity contribution in [2.24, 2.45) is 23.7 Å². The number of anilines is 1. The van der Waals surface area contributed by atoms with E-state index in [2.05, 4.69) is 5.32 Å². The van der Waals surface area contributed by atoms with Crippen LogP contribution in [-0.4, -0.2) is 17.0 Å². The molecule has 4 heteroatoms. The van der Waals surface area contributed by atoms with Gasteiger partial charge in [0.05, 0.1) is 11.8 Å². The minimum atomic E-state index is -0.868. The molecule has 4 unspecified atom stereocenters. The number of carbonyl (C=O) groups is 2. The number of aliphatic carboxylic acids is 1. The fourth-order valence-electron chi connectivity index (χ4n) is 3.62. The van der Waals surface area contributed by atoms with Crippen molar-refractivity contribution in [3.63, 3.8) is 0 Å². The van der Waals surface area contributed by atoms with Crippen molar-refractivity contribution >= 4 is 17.6 Å². The van der Waals surface area contributed by atoms with Crippen molar-refractivity contribution in [3.8, 4) is 0 Å². The number of fused-ring (bicyclic) bond motifs is 2. The van der Waals surface area contributed by atoms with E-state index in [4.69, 9.17) is 0 Å². The average molecular weight is 285 g/mol. The summed E-state index contributed by atoms with van der Waals surface area (Å²) >= 11 is 0. The normalized spacial score (nSPS) is 29.6. The molecule has 0 heterocycles. The van der Waals surface area contributed by atoms with Crippen LogP contribution in [0.15, 0.2) is 30.4 Å². The van der Waals surface area contributed by atoms with Crippen molar-refractivity contribution in [2.75, 3.05) is 5.32 Å². The number of carboxylic acids is 1. The summed E-state index contributed by atoms with van der Waals surface area (Å²) in [5.41, 5.74) is 2.91. The Balaban J connectivity index is 1.84. The van der Waals surface area contributed by atoms with E-state index in [0.29, 0.717) is 0 Å². The SMILES string of the molecule is Cc1cccc(NC(=O)C2C3C=CC(C3)C2C(=O)O)c1C. The molecule has 0 spiro atoms. The number of amides is 1. The first-order valence-electron chi connectivity index (χ1n) is 7.27. The topological polar surface area (TPSA) is 66.4 Å². The van der Waals surface area contributed by atoms with Gasteiger partial charge in [-0.25, -0.2) is 0 Å². The maximum atomic E-state index is 12.6. The number of allylic oxidation sites excluding steroid dienone is 2. The Kier molecular flexibility index (Phi) is 3.32. The van der Waals surface area contributed by atoms with Crippen molar-refractivity contribution < 1.29 is 14.7 Å². The minimum Gasteiger partial charge on any atom is -0.481 e. The summed E-state index contributed by atoms with van der Waals surface area (Å²) in [5.74, 6) is -2.04. The van der Waals surface area contributed by atoms with E-state index in [0.717, 1.165) is 23.2 Å².